The van der Waals surface area contributed by atoms with E-state index in [1.54, 1.807) is 6.92 Å². The summed E-state index contributed by atoms with van der Waals surface area (Å²) >= 11 is 1.85. The second kappa shape index (κ2) is 16.6. The molecule has 1 amide bonds. The third-order valence-electron chi connectivity index (χ3n) is 2.82. The monoisotopic (exact) mass is 369 g/mol. The summed E-state index contributed by atoms with van der Waals surface area (Å²) in [5, 5.41) is 0. The van der Waals surface area contributed by atoms with E-state index in [9.17, 15) is 4.79 Å². The summed E-state index contributed by atoms with van der Waals surface area (Å²) in [6.45, 7) is 11.7. The molecule has 0 fully saturated rings. The number of ether oxygens (including phenoxy) is 1. The molecule has 0 aromatic rings. The molecule has 6 nitrogen and oxygen atoms in total. The lowest BCUT2D eigenvalue weighted by molar-refractivity contribution is 0.0712. The zero-order valence-corrected chi connectivity index (χ0v) is 17.4. The Morgan fingerprint density at radius 2 is 1.57 bits per heavy atom. The summed E-state index contributed by atoms with van der Waals surface area (Å²) in [7, 11) is -2.35. The fourth-order valence-electron chi connectivity index (χ4n) is 1.72. The first kappa shape index (κ1) is 25.0. The second-order valence-electron chi connectivity index (χ2n) is 4.73. The third-order valence-corrected chi connectivity index (χ3v) is 6.66. The Hall–Kier alpha value is -0.283. The van der Waals surface area contributed by atoms with E-state index in [1.807, 2.05) is 39.5 Å². The van der Waals surface area contributed by atoms with E-state index in [2.05, 4.69) is 11.0 Å². The SMILES string of the molecule is CCC(C)OC(N)=O.CCO[Si](CCCSC)(OCC)OCC. The van der Waals surface area contributed by atoms with Gasteiger partial charge in [-0.1, -0.05) is 6.92 Å². The summed E-state index contributed by atoms with van der Waals surface area (Å²) in [6.07, 6.45) is 3.29. The lowest BCUT2D eigenvalue weighted by Crippen LogP contribution is -2.46. The number of primary amides is 1. The van der Waals surface area contributed by atoms with E-state index in [4.69, 9.17) is 19.0 Å². The van der Waals surface area contributed by atoms with Crippen molar-refractivity contribution in [2.24, 2.45) is 5.73 Å². The molecule has 0 saturated carbocycles. The van der Waals surface area contributed by atoms with Gasteiger partial charge in [-0.2, -0.15) is 11.8 Å². The van der Waals surface area contributed by atoms with Gasteiger partial charge in [0.15, 0.2) is 0 Å². The van der Waals surface area contributed by atoms with Gasteiger partial charge in [0, 0.05) is 25.9 Å². The molecule has 140 valence electrons. The Morgan fingerprint density at radius 3 is 1.83 bits per heavy atom. The van der Waals surface area contributed by atoms with E-state index in [0.717, 1.165) is 24.6 Å². The molecule has 0 bridgehead atoms. The maximum Gasteiger partial charge on any atom is 0.500 e. The number of hydrogen-bond donors (Lipinski definition) is 1. The molecule has 0 aliphatic rings. The van der Waals surface area contributed by atoms with Gasteiger partial charge in [0.05, 0.1) is 0 Å². The number of carbonyl (C=O) groups excluding carboxylic acids is 1. The molecule has 1 unspecified atom stereocenters. The van der Waals surface area contributed by atoms with Crippen LogP contribution in [0.15, 0.2) is 0 Å². The van der Waals surface area contributed by atoms with Crippen LogP contribution in [0, 0.1) is 0 Å². The Bertz CT molecular complexity index is 268. The van der Waals surface area contributed by atoms with E-state index in [0.29, 0.717) is 19.8 Å². The summed E-state index contributed by atoms with van der Waals surface area (Å²) in [4.78, 5) is 9.97. The highest BCUT2D eigenvalue weighted by molar-refractivity contribution is 7.98. The molecule has 0 saturated heterocycles. The molecule has 0 aromatic heterocycles. The standard InChI is InChI=1S/C10H24O3SSi.C5H11NO2/c1-5-11-15(12-6-2,13-7-3)10-8-9-14-4;1-3-4(2)8-5(6)7/h5-10H2,1-4H3;4H,3H2,1-2H3,(H2,6,7). The maximum absolute atomic E-state index is 9.97. The first-order valence-electron chi connectivity index (χ1n) is 8.28. The molecule has 0 aliphatic carbocycles. The number of hydrogen-bond acceptors (Lipinski definition) is 6. The van der Waals surface area contributed by atoms with Crippen molar-refractivity contribution in [2.45, 2.75) is 59.6 Å². The van der Waals surface area contributed by atoms with Crippen LogP contribution in [0.4, 0.5) is 4.79 Å². The fourth-order valence-corrected chi connectivity index (χ4v) is 5.02. The molecule has 8 heteroatoms. The fraction of sp³-hybridized carbons (Fsp3) is 0.933. The van der Waals surface area contributed by atoms with E-state index in [1.165, 1.54) is 0 Å². The Balaban J connectivity index is 0. The van der Waals surface area contributed by atoms with Crippen molar-refractivity contribution >= 4 is 26.7 Å². The van der Waals surface area contributed by atoms with Crippen molar-refractivity contribution in [3.8, 4) is 0 Å². The second-order valence-corrected chi connectivity index (χ2v) is 8.45. The number of nitrogens with two attached hydrogens (primary N) is 1. The lowest BCUT2D eigenvalue weighted by atomic mass is 10.3. The van der Waals surface area contributed by atoms with E-state index in [-0.39, 0.29) is 6.10 Å². The molecular weight excluding hydrogens is 334 g/mol. The minimum Gasteiger partial charge on any atom is -0.447 e. The average Bonchev–Trinajstić information content (AvgIpc) is 2.48. The van der Waals surface area contributed by atoms with Crippen LogP contribution < -0.4 is 5.73 Å². The summed E-state index contributed by atoms with van der Waals surface area (Å²) < 4.78 is 21.8. The summed E-state index contributed by atoms with van der Waals surface area (Å²) in [6, 6.07) is 0.934. The van der Waals surface area contributed by atoms with Gasteiger partial charge < -0.3 is 23.7 Å². The first-order valence-corrected chi connectivity index (χ1v) is 11.6. The van der Waals surface area contributed by atoms with Crippen LogP contribution >= 0.6 is 11.8 Å². The van der Waals surface area contributed by atoms with Gasteiger partial charge >= 0.3 is 14.9 Å². The summed E-state index contributed by atoms with van der Waals surface area (Å²) in [5.74, 6) is 1.14. The molecule has 2 N–H and O–H groups in total. The molecule has 1 atom stereocenters. The van der Waals surface area contributed by atoms with Crippen LogP contribution in [0.25, 0.3) is 0 Å². The maximum atomic E-state index is 9.97. The van der Waals surface area contributed by atoms with Crippen molar-refractivity contribution in [1.82, 2.24) is 0 Å². The van der Waals surface area contributed by atoms with Crippen LogP contribution in [0.5, 0.6) is 0 Å². The molecule has 0 rings (SSSR count). The predicted molar refractivity (Wildman–Crippen MR) is 98.9 cm³/mol. The van der Waals surface area contributed by atoms with Crippen molar-refractivity contribution in [3.05, 3.63) is 0 Å². The van der Waals surface area contributed by atoms with E-state index >= 15 is 0 Å². The molecule has 0 aliphatic heterocycles. The number of amides is 1. The van der Waals surface area contributed by atoms with Gasteiger partial charge in [-0.05, 0) is 52.5 Å². The van der Waals surface area contributed by atoms with Crippen LogP contribution in [0.1, 0.15) is 47.5 Å². The van der Waals surface area contributed by atoms with Gasteiger partial charge in [0.1, 0.15) is 6.10 Å². The normalized spacial score (nSPS) is 12.3. The average molecular weight is 370 g/mol. The van der Waals surface area contributed by atoms with Gasteiger partial charge in [-0.3, -0.25) is 0 Å². The number of thioether (sulfide) groups is 1. The largest absolute Gasteiger partial charge is 0.500 e. The quantitative estimate of drug-likeness (QED) is 0.418. The number of rotatable bonds is 12. The van der Waals surface area contributed by atoms with Crippen molar-refractivity contribution in [3.63, 3.8) is 0 Å². The highest BCUT2D eigenvalue weighted by Crippen LogP contribution is 2.19. The zero-order valence-electron chi connectivity index (χ0n) is 15.6. The molecule has 0 aromatic carbocycles. The van der Waals surface area contributed by atoms with Gasteiger partial charge in [0.25, 0.3) is 0 Å². The third kappa shape index (κ3) is 15.0. The first-order chi connectivity index (χ1) is 10.9. The van der Waals surface area contributed by atoms with Crippen molar-refractivity contribution < 1.29 is 22.8 Å². The lowest BCUT2D eigenvalue weighted by Gasteiger charge is -2.28. The van der Waals surface area contributed by atoms with E-state index < -0.39 is 14.9 Å². The van der Waals surface area contributed by atoms with Crippen LogP contribution in [0.2, 0.25) is 6.04 Å². The van der Waals surface area contributed by atoms with Gasteiger partial charge in [-0.25, -0.2) is 4.79 Å². The zero-order chi connectivity index (χ0) is 18.1. The molecule has 0 heterocycles. The van der Waals surface area contributed by atoms with Gasteiger partial charge in [0.2, 0.25) is 0 Å². The Kier molecular flexibility index (Phi) is 18.0. The van der Waals surface area contributed by atoms with Crippen LogP contribution in [0.3, 0.4) is 0 Å². The van der Waals surface area contributed by atoms with Crippen LogP contribution in [-0.2, 0) is 18.0 Å². The highest BCUT2D eigenvalue weighted by atomic mass is 32.2. The summed E-state index contributed by atoms with van der Waals surface area (Å²) in [5.41, 5.74) is 4.71. The molecule has 0 radical (unpaired) electrons. The molecular formula is C15H35NO5SSi. The van der Waals surface area contributed by atoms with Crippen LogP contribution in [-0.4, -0.2) is 52.8 Å². The minimum absolute atomic E-state index is 0.0486. The molecule has 0 spiro atoms. The minimum atomic E-state index is -2.35. The topological polar surface area (TPSA) is 80.0 Å². The van der Waals surface area contributed by atoms with Crippen molar-refractivity contribution in [1.29, 1.82) is 0 Å². The Morgan fingerprint density at radius 1 is 1.09 bits per heavy atom. The van der Waals surface area contributed by atoms with Crippen molar-refractivity contribution in [2.75, 3.05) is 31.8 Å². The number of carbonyl (C=O) groups is 1. The van der Waals surface area contributed by atoms with Gasteiger partial charge in [-0.15, -0.1) is 0 Å². The molecule has 23 heavy (non-hydrogen) atoms. The highest BCUT2D eigenvalue weighted by Gasteiger charge is 2.39. The Labute approximate surface area is 147 Å². The predicted octanol–water partition coefficient (Wildman–Crippen LogP) is 3.67. The smallest absolute Gasteiger partial charge is 0.447 e.